The smallest absolute Gasteiger partial charge is 0.131 e. The van der Waals surface area contributed by atoms with Gasteiger partial charge in [0.05, 0.1) is 6.61 Å². The monoisotopic (exact) mass is 335 g/mol. The molecule has 3 nitrogen and oxygen atoms in total. The van der Waals surface area contributed by atoms with Crippen LogP contribution in [0.3, 0.4) is 0 Å². The first-order valence-electron chi connectivity index (χ1n) is 6.62. The fourth-order valence-corrected chi connectivity index (χ4v) is 2.25. The van der Waals surface area contributed by atoms with E-state index in [9.17, 15) is 0 Å². The van der Waals surface area contributed by atoms with Crippen LogP contribution in [0.15, 0.2) is 46.9 Å². The van der Waals surface area contributed by atoms with Crippen LogP contribution >= 0.6 is 15.9 Å². The summed E-state index contributed by atoms with van der Waals surface area (Å²) in [6.07, 6.45) is 0.785. The van der Waals surface area contributed by atoms with Gasteiger partial charge in [0.1, 0.15) is 17.2 Å². The molecule has 2 aromatic carbocycles. The van der Waals surface area contributed by atoms with Crippen LogP contribution in [0.2, 0.25) is 0 Å². The molecule has 0 saturated heterocycles. The molecule has 2 rings (SSSR count). The highest BCUT2D eigenvalue weighted by atomic mass is 79.9. The highest BCUT2D eigenvalue weighted by Crippen LogP contribution is 2.30. The SMILES string of the molecule is CCOc1cccc(Oc2cc(Br)ccc2CCN)c1. The van der Waals surface area contributed by atoms with Gasteiger partial charge in [-0.05, 0) is 49.7 Å². The molecule has 0 aliphatic rings. The summed E-state index contributed by atoms with van der Waals surface area (Å²) in [6.45, 7) is 3.19. The lowest BCUT2D eigenvalue weighted by atomic mass is 10.1. The fourth-order valence-electron chi connectivity index (χ4n) is 1.91. The maximum atomic E-state index is 5.96. The standard InChI is InChI=1S/C16H18BrNO2/c1-2-19-14-4-3-5-15(11-14)20-16-10-13(17)7-6-12(16)8-9-18/h3-7,10-11H,2,8-9,18H2,1H3. The van der Waals surface area contributed by atoms with Gasteiger partial charge in [-0.3, -0.25) is 0 Å². The summed E-state index contributed by atoms with van der Waals surface area (Å²) in [4.78, 5) is 0. The molecular formula is C16H18BrNO2. The predicted octanol–water partition coefficient (Wildman–Crippen LogP) is 4.14. The van der Waals surface area contributed by atoms with Crippen molar-refractivity contribution in [2.45, 2.75) is 13.3 Å². The van der Waals surface area contributed by atoms with Gasteiger partial charge in [-0.1, -0.05) is 28.1 Å². The van der Waals surface area contributed by atoms with Crippen LogP contribution in [0.5, 0.6) is 17.2 Å². The maximum Gasteiger partial charge on any atom is 0.131 e. The Balaban J connectivity index is 2.24. The number of benzene rings is 2. The molecule has 0 aromatic heterocycles. The molecule has 0 heterocycles. The lowest BCUT2D eigenvalue weighted by Gasteiger charge is -2.12. The number of hydrogen-bond acceptors (Lipinski definition) is 3. The van der Waals surface area contributed by atoms with E-state index >= 15 is 0 Å². The van der Waals surface area contributed by atoms with Gasteiger partial charge in [0, 0.05) is 10.5 Å². The van der Waals surface area contributed by atoms with Crippen LogP contribution in [-0.4, -0.2) is 13.2 Å². The number of nitrogens with two attached hydrogens (primary N) is 1. The summed E-state index contributed by atoms with van der Waals surface area (Å²) in [7, 11) is 0. The van der Waals surface area contributed by atoms with Crippen LogP contribution in [0.4, 0.5) is 0 Å². The van der Waals surface area contributed by atoms with Gasteiger partial charge in [-0.2, -0.15) is 0 Å². The zero-order valence-electron chi connectivity index (χ0n) is 11.4. The summed E-state index contributed by atoms with van der Waals surface area (Å²) in [5, 5.41) is 0. The number of hydrogen-bond donors (Lipinski definition) is 1. The Morgan fingerprint density at radius 2 is 1.90 bits per heavy atom. The number of ether oxygens (including phenoxy) is 2. The molecule has 106 valence electrons. The van der Waals surface area contributed by atoms with Gasteiger partial charge < -0.3 is 15.2 Å². The van der Waals surface area contributed by atoms with Crippen molar-refractivity contribution in [2.75, 3.05) is 13.2 Å². The molecule has 2 N–H and O–H groups in total. The first-order chi connectivity index (χ1) is 9.72. The zero-order valence-corrected chi connectivity index (χ0v) is 13.0. The van der Waals surface area contributed by atoms with Gasteiger partial charge >= 0.3 is 0 Å². The Bertz CT molecular complexity index is 572. The molecule has 0 bridgehead atoms. The molecule has 0 aliphatic carbocycles. The summed E-state index contributed by atoms with van der Waals surface area (Å²) in [6, 6.07) is 13.6. The second-order valence-electron chi connectivity index (χ2n) is 4.30. The molecule has 0 radical (unpaired) electrons. The second kappa shape index (κ2) is 7.31. The minimum Gasteiger partial charge on any atom is -0.494 e. The molecule has 0 amide bonds. The molecule has 0 atom stereocenters. The zero-order chi connectivity index (χ0) is 14.4. The highest BCUT2D eigenvalue weighted by Gasteiger charge is 2.06. The van der Waals surface area contributed by atoms with Crippen LogP contribution in [0.1, 0.15) is 12.5 Å². The van der Waals surface area contributed by atoms with Crippen LogP contribution in [0, 0.1) is 0 Å². The Hall–Kier alpha value is -1.52. The summed E-state index contributed by atoms with van der Waals surface area (Å²) < 4.78 is 12.4. The Kier molecular flexibility index (Phi) is 5.44. The van der Waals surface area contributed by atoms with Crippen molar-refractivity contribution in [3.63, 3.8) is 0 Å². The Labute approximate surface area is 127 Å². The Morgan fingerprint density at radius 1 is 1.10 bits per heavy atom. The maximum absolute atomic E-state index is 5.96. The van der Waals surface area contributed by atoms with E-state index in [1.807, 2.05) is 49.4 Å². The van der Waals surface area contributed by atoms with Gasteiger partial charge in [-0.25, -0.2) is 0 Å². The van der Waals surface area contributed by atoms with E-state index in [-0.39, 0.29) is 0 Å². The molecule has 0 fully saturated rings. The molecule has 0 unspecified atom stereocenters. The molecule has 0 aliphatic heterocycles. The normalized spacial score (nSPS) is 10.3. The van der Waals surface area contributed by atoms with E-state index in [0.717, 1.165) is 33.7 Å². The van der Waals surface area contributed by atoms with Crippen LogP contribution in [-0.2, 0) is 6.42 Å². The van der Waals surface area contributed by atoms with E-state index in [1.165, 1.54) is 0 Å². The summed E-state index contributed by atoms with van der Waals surface area (Å²) in [5.74, 6) is 2.38. The third-order valence-electron chi connectivity index (χ3n) is 2.79. The van der Waals surface area contributed by atoms with Crippen molar-refractivity contribution < 1.29 is 9.47 Å². The molecule has 20 heavy (non-hydrogen) atoms. The quantitative estimate of drug-likeness (QED) is 0.862. The average Bonchev–Trinajstić information content (AvgIpc) is 2.43. The first kappa shape index (κ1) is 14.9. The average molecular weight is 336 g/mol. The molecule has 0 spiro atoms. The highest BCUT2D eigenvalue weighted by molar-refractivity contribution is 9.10. The minimum absolute atomic E-state index is 0.594. The van der Waals surface area contributed by atoms with E-state index in [1.54, 1.807) is 0 Å². The van der Waals surface area contributed by atoms with E-state index in [2.05, 4.69) is 15.9 Å². The third kappa shape index (κ3) is 3.99. The molecular weight excluding hydrogens is 318 g/mol. The van der Waals surface area contributed by atoms with Gasteiger partial charge in [0.25, 0.3) is 0 Å². The van der Waals surface area contributed by atoms with Crippen LogP contribution < -0.4 is 15.2 Å². The molecule has 4 heteroatoms. The lowest BCUT2D eigenvalue weighted by Crippen LogP contribution is -2.04. The van der Waals surface area contributed by atoms with Crippen molar-refractivity contribution in [1.82, 2.24) is 0 Å². The molecule has 0 saturated carbocycles. The van der Waals surface area contributed by atoms with Gasteiger partial charge in [0.2, 0.25) is 0 Å². The van der Waals surface area contributed by atoms with Crippen molar-refractivity contribution in [2.24, 2.45) is 5.73 Å². The predicted molar refractivity (Wildman–Crippen MR) is 84.6 cm³/mol. The number of halogens is 1. The van der Waals surface area contributed by atoms with E-state index in [4.69, 9.17) is 15.2 Å². The Morgan fingerprint density at radius 3 is 2.65 bits per heavy atom. The first-order valence-corrected chi connectivity index (χ1v) is 7.41. The molecule has 2 aromatic rings. The van der Waals surface area contributed by atoms with Crippen molar-refractivity contribution in [3.8, 4) is 17.2 Å². The lowest BCUT2D eigenvalue weighted by molar-refractivity contribution is 0.338. The topological polar surface area (TPSA) is 44.5 Å². The summed E-state index contributed by atoms with van der Waals surface area (Å²) >= 11 is 3.46. The van der Waals surface area contributed by atoms with Crippen molar-refractivity contribution >= 4 is 15.9 Å². The minimum atomic E-state index is 0.594. The summed E-state index contributed by atoms with van der Waals surface area (Å²) in [5.41, 5.74) is 6.73. The third-order valence-corrected chi connectivity index (χ3v) is 3.28. The second-order valence-corrected chi connectivity index (χ2v) is 5.22. The largest absolute Gasteiger partial charge is 0.494 e. The van der Waals surface area contributed by atoms with Crippen molar-refractivity contribution in [3.05, 3.63) is 52.5 Å². The van der Waals surface area contributed by atoms with E-state index < -0.39 is 0 Å². The number of rotatable bonds is 6. The fraction of sp³-hybridized carbons (Fsp3) is 0.250. The van der Waals surface area contributed by atoms with Crippen molar-refractivity contribution in [1.29, 1.82) is 0 Å². The van der Waals surface area contributed by atoms with E-state index in [0.29, 0.717) is 13.2 Å². The van der Waals surface area contributed by atoms with Crippen LogP contribution in [0.25, 0.3) is 0 Å². The van der Waals surface area contributed by atoms with Gasteiger partial charge in [0.15, 0.2) is 0 Å². The van der Waals surface area contributed by atoms with Gasteiger partial charge in [-0.15, -0.1) is 0 Å².